The standard InChI is InChI=1S/C14H10N4OS/c1-18-13(10(7-15)8-16-18)17-14(19)12-6-9-4-2-3-5-11(9)20-12/h2-6,8H,1H3,(H,17,19). The van der Waals surface area contributed by atoms with Crippen molar-refractivity contribution < 1.29 is 4.79 Å². The van der Waals surface area contributed by atoms with Crippen molar-refractivity contribution in [2.24, 2.45) is 7.05 Å². The number of nitriles is 1. The first-order valence-electron chi connectivity index (χ1n) is 5.91. The number of carbonyl (C=O) groups is 1. The quantitative estimate of drug-likeness (QED) is 0.785. The highest BCUT2D eigenvalue weighted by molar-refractivity contribution is 7.20. The number of hydrogen-bond donors (Lipinski definition) is 1. The second kappa shape index (κ2) is 4.79. The summed E-state index contributed by atoms with van der Waals surface area (Å²) in [6, 6.07) is 11.7. The number of fused-ring (bicyclic) bond motifs is 1. The zero-order chi connectivity index (χ0) is 14.1. The van der Waals surface area contributed by atoms with Crippen LogP contribution in [0.2, 0.25) is 0 Å². The van der Waals surface area contributed by atoms with E-state index in [2.05, 4.69) is 10.4 Å². The normalized spacial score (nSPS) is 10.4. The summed E-state index contributed by atoms with van der Waals surface area (Å²) in [5, 5.41) is 16.7. The van der Waals surface area contributed by atoms with Gasteiger partial charge in [0, 0.05) is 11.7 Å². The number of nitrogens with zero attached hydrogens (tertiary/aromatic N) is 3. The van der Waals surface area contributed by atoms with E-state index in [9.17, 15) is 4.79 Å². The van der Waals surface area contributed by atoms with E-state index in [0.717, 1.165) is 10.1 Å². The largest absolute Gasteiger partial charge is 0.305 e. The molecule has 0 atom stereocenters. The second-order valence-electron chi connectivity index (χ2n) is 4.24. The average molecular weight is 282 g/mol. The number of thiophene rings is 1. The molecule has 0 saturated heterocycles. The van der Waals surface area contributed by atoms with Crippen LogP contribution >= 0.6 is 11.3 Å². The highest BCUT2D eigenvalue weighted by Gasteiger charge is 2.15. The molecule has 0 aliphatic carbocycles. The van der Waals surface area contributed by atoms with Crippen molar-refractivity contribution in [3.63, 3.8) is 0 Å². The van der Waals surface area contributed by atoms with Gasteiger partial charge >= 0.3 is 0 Å². The van der Waals surface area contributed by atoms with Crippen LogP contribution in [0.1, 0.15) is 15.2 Å². The molecule has 5 nitrogen and oxygen atoms in total. The van der Waals surface area contributed by atoms with E-state index in [1.165, 1.54) is 22.2 Å². The SMILES string of the molecule is Cn1ncc(C#N)c1NC(=O)c1cc2ccccc2s1. The Balaban J connectivity index is 1.93. The van der Waals surface area contributed by atoms with Crippen LogP contribution in [0, 0.1) is 11.3 Å². The highest BCUT2D eigenvalue weighted by Crippen LogP contribution is 2.26. The van der Waals surface area contributed by atoms with E-state index in [0.29, 0.717) is 16.3 Å². The fourth-order valence-corrected chi connectivity index (χ4v) is 2.89. The summed E-state index contributed by atoms with van der Waals surface area (Å²) < 4.78 is 2.53. The zero-order valence-corrected chi connectivity index (χ0v) is 11.4. The van der Waals surface area contributed by atoms with Gasteiger partial charge in [-0.25, -0.2) is 0 Å². The molecule has 0 aliphatic heterocycles. The summed E-state index contributed by atoms with van der Waals surface area (Å²) >= 11 is 1.42. The number of anilines is 1. The fraction of sp³-hybridized carbons (Fsp3) is 0.0714. The number of rotatable bonds is 2. The molecule has 1 aromatic carbocycles. The van der Waals surface area contributed by atoms with Gasteiger partial charge in [0.1, 0.15) is 17.5 Å². The molecule has 1 amide bonds. The molecule has 0 radical (unpaired) electrons. The Kier molecular flexibility index (Phi) is 2.97. The summed E-state index contributed by atoms with van der Waals surface area (Å²) in [7, 11) is 1.68. The molecule has 0 bridgehead atoms. The Bertz CT molecular complexity index is 807. The van der Waals surface area contributed by atoms with Crippen molar-refractivity contribution in [3.05, 3.63) is 47.0 Å². The van der Waals surface area contributed by atoms with Gasteiger partial charge in [-0.2, -0.15) is 10.4 Å². The third-order valence-electron chi connectivity index (χ3n) is 2.94. The molecule has 3 rings (SSSR count). The van der Waals surface area contributed by atoms with Gasteiger partial charge in [-0.3, -0.25) is 9.48 Å². The predicted molar refractivity (Wildman–Crippen MR) is 77.7 cm³/mol. The van der Waals surface area contributed by atoms with Gasteiger partial charge in [0.25, 0.3) is 5.91 Å². The predicted octanol–water partition coefficient (Wildman–Crippen LogP) is 2.76. The Morgan fingerprint density at radius 1 is 1.45 bits per heavy atom. The van der Waals surface area contributed by atoms with Crippen LogP contribution in [0.5, 0.6) is 0 Å². The summed E-state index contributed by atoms with van der Waals surface area (Å²) in [5.74, 6) is 0.182. The van der Waals surface area contributed by atoms with E-state index in [1.807, 2.05) is 36.4 Å². The topological polar surface area (TPSA) is 70.7 Å². The lowest BCUT2D eigenvalue weighted by Crippen LogP contribution is -2.14. The Morgan fingerprint density at radius 3 is 3.00 bits per heavy atom. The molecule has 3 aromatic rings. The van der Waals surface area contributed by atoms with Crippen LogP contribution in [0.25, 0.3) is 10.1 Å². The minimum atomic E-state index is -0.230. The summed E-state index contributed by atoms with van der Waals surface area (Å²) in [5.41, 5.74) is 0.349. The summed E-state index contributed by atoms with van der Waals surface area (Å²) in [6.07, 6.45) is 1.43. The first-order valence-corrected chi connectivity index (χ1v) is 6.72. The molecular weight excluding hydrogens is 272 g/mol. The van der Waals surface area contributed by atoms with Crippen molar-refractivity contribution in [1.82, 2.24) is 9.78 Å². The smallest absolute Gasteiger partial charge is 0.266 e. The third kappa shape index (κ3) is 2.04. The summed E-state index contributed by atoms with van der Waals surface area (Å²) in [6.45, 7) is 0. The fourth-order valence-electron chi connectivity index (χ4n) is 1.93. The van der Waals surface area contributed by atoms with Gasteiger partial charge in [-0.15, -0.1) is 11.3 Å². The minimum absolute atomic E-state index is 0.230. The number of hydrogen-bond acceptors (Lipinski definition) is 4. The second-order valence-corrected chi connectivity index (χ2v) is 5.33. The third-order valence-corrected chi connectivity index (χ3v) is 4.06. The van der Waals surface area contributed by atoms with E-state index < -0.39 is 0 Å². The lowest BCUT2D eigenvalue weighted by Gasteiger charge is -2.03. The molecule has 20 heavy (non-hydrogen) atoms. The van der Waals surface area contributed by atoms with Gasteiger partial charge in [0.15, 0.2) is 0 Å². The zero-order valence-electron chi connectivity index (χ0n) is 10.6. The number of aryl methyl sites for hydroxylation is 1. The Hall–Kier alpha value is -2.65. The number of amides is 1. The maximum Gasteiger partial charge on any atom is 0.266 e. The first kappa shape index (κ1) is 12.4. The molecule has 6 heteroatoms. The molecule has 0 aliphatic rings. The van der Waals surface area contributed by atoms with Gasteiger partial charge in [0.05, 0.1) is 11.1 Å². The number of nitrogens with one attached hydrogen (secondary N) is 1. The molecule has 0 saturated carbocycles. The molecule has 1 N–H and O–H groups in total. The molecular formula is C14H10N4OS. The molecule has 0 unspecified atom stereocenters. The van der Waals surface area contributed by atoms with Crippen LogP contribution < -0.4 is 5.32 Å². The van der Waals surface area contributed by atoms with Crippen molar-refractivity contribution in [1.29, 1.82) is 5.26 Å². The number of benzene rings is 1. The lowest BCUT2D eigenvalue weighted by molar-refractivity contribution is 0.102. The maximum atomic E-state index is 12.3. The monoisotopic (exact) mass is 282 g/mol. The first-order chi connectivity index (χ1) is 9.69. The summed E-state index contributed by atoms with van der Waals surface area (Å²) in [4.78, 5) is 12.9. The Morgan fingerprint density at radius 2 is 2.25 bits per heavy atom. The van der Waals surface area contributed by atoms with E-state index in [4.69, 9.17) is 5.26 Å². The van der Waals surface area contributed by atoms with Gasteiger partial charge < -0.3 is 5.32 Å². The van der Waals surface area contributed by atoms with Crippen molar-refractivity contribution in [3.8, 4) is 6.07 Å². The van der Waals surface area contributed by atoms with E-state index in [-0.39, 0.29) is 5.91 Å². The number of carbonyl (C=O) groups excluding carboxylic acids is 1. The molecule has 0 fully saturated rings. The Labute approximate surface area is 119 Å². The van der Waals surface area contributed by atoms with E-state index >= 15 is 0 Å². The molecule has 2 heterocycles. The average Bonchev–Trinajstić information content (AvgIpc) is 3.03. The van der Waals surface area contributed by atoms with Gasteiger partial charge in [0.2, 0.25) is 0 Å². The molecule has 98 valence electrons. The van der Waals surface area contributed by atoms with Crippen molar-refractivity contribution >= 4 is 33.1 Å². The van der Waals surface area contributed by atoms with Crippen LogP contribution in [0.15, 0.2) is 36.5 Å². The minimum Gasteiger partial charge on any atom is -0.305 e. The van der Waals surface area contributed by atoms with Gasteiger partial charge in [-0.1, -0.05) is 18.2 Å². The van der Waals surface area contributed by atoms with Crippen molar-refractivity contribution in [2.45, 2.75) is 0 Å². The molecule has 2 aromatic heterocycles. The van der Waals surface area contributed by atoms with E-state index in [1.54, 1.807) is 7.05 Å². The van der Waals surface area contributed by atoms with Crippen LogP contribution in [-0.4, -0.2) is 15.7 Å². The van der Waals surface area contributed by atoms with Crippen LogP contribution in [0.3, 0.4) is 0 Å². The highest BCUT2D eigenvalue weighted by atomic mass is 32.1. The lowest BCUT2D eigenvalue weighted by atomic mass is 10.2. The van der Waals surface area contributed by atoms with Crippen molar-refractivity contribution in [2.75, 3.05) is 5.32 Å². The number of aromatic nitrogens is 2. The van der Waals surface area contributed by atoms with Gasteiger partial charge in [-0.05, 0) is 17.5 Å². The van der Waals surface area contributed by atoms with Crippen LogP contribution in [-0.2, 0) is 7.05 Å². The maximum absolute atomic E-state index is 12.3. The van der Waals surface area contributed by atoms with Crippen LogP contribution in [0.4, 0.5) is 5.82 Å². The molecule has 0 spiro atoms.